The van der Waals surface area contributed by atoms with Crippen molar-refractivity contribution in [1.82, 2.24) is 4.98 Å². The topological polar surface area (TPSA) is 48.1 Å². The normalized spacial score (nSPS) is 12.5. The number of hydrogen-bond donors (Lipinski definition) is 1. The fourth-order valence-electron chi connectivity index (χ4n) is 2.26. The highest BCUT2D eigenvalue weighted by Crippen LogP contribution is 2.27. The fourth-order valence-corrected chi connectivity index (χ4v) is 3.14. The quantitative estimate of drug-likeness (QED) is 0.764. The first-order valence-electron chi connectivity index (χ1n) is 7.09. The molecule has 4 heteroatoms. The second-order valence-electron chi connectivity index (χ2n) is 4.92. The number of hydrogen-bond acceptors (Lipinski definition) is 4. The highest BCUT2D eigenvalue weighted by atomic mass is 32.1. The van der Waals surface area contributed by atoms with Crippen LogP contribution in [0.3, 0.4) is 0 Å². The highest BCUT2D eigenvalue weighted by molar-refractivity contribution is 7.18. The van der Waals surface area contributed by atoms with Crippen LogP contribution < -0.4 is 10.5 Å². The van der Waals surface area contributed by atoms with Gasteiger partial charge in [0.05, 0.1) is 10.2 Å². The molecule has 0 unspecified atom stereocenters. The maximum Gasteiger partial charge on any atom is 0.140 e. The molecule has 2 N–H and O–H groups in total. The van der Waals surface area contributed by atoms with Gasteiger partial charge >= 0.3 is 0 Å². The third-order valence-corrected chi connectivity index (χ3v) is 4.46. The Bertz CT molecular complexity index is 705. The van der Waals surface area contributed by atoms with Crippen LogP contribution in [-0.2, 0) is 6.61 Å². The summed E-state index contributed by atoms with van der Waals surface area (Å²) >= 11 is 1.67. The minimum atomic E-state index is 0.0107. The van der Waals surface area contributed by atoms with E-state index in [-0.39, 0.29) is 6.04 Å². The molecule has 0 saturated carbocycles. The highest BCUT2D eigenvalue weighted by Gasteiger charge is 2.11. The SMILES string of the molecule is CC[C@@H](N)c1ccccc1OCc1nc2ccccc2s1. The van der Waals surface area contributed by atoms with Crippen LogP contribution in [0.5, 0.6) is 5.75 Å². The van der Waals surface area contributed by atoms with E-state index in [1.165, 1.54) is 4.70 Å². The maximum absolute atomic E-state index is 6.13. The number of thiazole rings is 1. The predicted molar refractivity (Wildman–Crippen MR) is 87.6 cm³/mol. The Morgan fingerprint density at radius 1 is 1.14 bits per heavy atom. The molecular formula is C17H18N2OS. The van der Waals surface area contributed by atoms with E-state index in [1.54, 1.807) is 11.3 Å². The van der Waals surface area contributed by atoms with Gasteiger partial charge in [0.2, 0.25) is 0 Å². The first-order chi connectivity index (χ1) is 10.3. The Morgan fingerprint density at radius 2 is 1.90 bits per heavy atom. The molecule has 0 aliphatic rings. The summed E-state index contributed by atoms with van der Waals surface area (Å²) in [5, 5.41) is 0.982. The second-order valence-corrected chi connectivity index (χ2v) is 6.03. The average molecular weight is 298 g/mol. The number of rotatable bonds is 5. The molecule has 0 aliphatic carbocycles. The van der Waals surface area contributed by atoms with E-state index < -0.39 is 0 Å². The number of nitrogens with zero attached hydrogens (tertiary/aromatic N) is 1. The van der Waals surface area contributed by atoms with Gasteiger partial charge in [0.25, 0.3) is 0 Å². The first-order valence-corrected chi connectivity index (χ1v) is 7.91. The number of nitrogens with two attached hydrogens (primary N) is 1. The lowest BCUT2D eigenvalue weighted by molar-refractivity contribution is 0.300. The number of benzene rings is 2. The smallest absolute Gasteiger partial charge is 0.140 e. The summed E-state index contributed by atoms with van der Waals surface area (Å²) in [5.41, 5.74) is 8.22. The lowest BCUT2D eigenvalue weighted by Crippen LogP contribution is -2.10. The van der Waals surface area contributed by atoms with Crippen molar-refractivity contribution in [2.45, 2.75) is 26.0 Å². The van der Waals surface area contributed by atoms with Crippen LogP contribution in [0, 0.1) is 0 Å². The van der Waals surface area contributed by atoms with Gasteiger partial charge in [-0.1, -0.05) is 37.3 Å². The summed E-state index contributed by atoms with van der Waals surface area (Å²) in [5.74, 6) is 0.853. The molecule has 21 heavy (non-hydrogen) atoms. The van der Waals surface area contributed by atoms with Crippen LogP contribution >= 0.6 is 11.3 Å². The summed E-state index contributed by atoms with van der Waals surface area (Å²) in [4.78, 5) is 4.58. The average Bonchev–Trinajstić information content (AvgIpc) is 2.95. The molecular weight excluding hydrogens is 280 g/mol. The molecule has 0 spiro atoms. The van der Waals surface area contributed by atoms with E-state index in [1.807, 2.05) is 42.5 Å². The fraction of sp³-hybridized carbons (Fsp3) is 0.235. The summed E-state index contributed by atoms with van der Waals surface area (Å²) < 4.78 is 7.13. The standard InChI is InChI=1S/C17H18N2OS/c1-2-13(18)12-7-3-5-9-15(12)20-11-17-19-14-8-4-6-10-16(14)21-17/h3-10,13H,2,11,18H2,1H3/t13-/m1/s1. The number of ether oxygens (including phenoxy) is 1. The predicted octanol–water partition coefficient (Wildman–Crippen LogP) is 4.29. The van der Waals surface area contributed by atoms with Gasteiger partial charge in [0.15, 0.2) is 0 Å². The van der Waals surface area contributed by atoms with Crippen LogP contribution in [0.25, 0.3) is 10.2 Å². The van der Waals surface area contributed by atoms with Crippen LogP contribution in [0.2, 0.25) is 0 Å². The second kappa shape index (κ2) is 6.24. The molecule has 108 valence electrons. The molecule has 3 nitrogen and oxygen atoms in total. The minimum absolute atomic E-state index is 0.0107. The molecule has 1 aromatic heterocycles. The van der Waals surface area contributed by atoms with Crippen molar-refractivity contribution in [3.8, 4) is 5.75 Å². The first kappa shape index (κ1) is 14.0. The van der Waals surface area contributed by atoms with Gasteiger partial charge in [-0.3, -0.25) is 0 Å². The molecule has 0 amide bonds. The van der Waals surface area contributed by atoms with E-state index in [0.29, 0.717) is 6.61 Å². The molecule has 1 atom stereocenters. The van der Waals surface area contributed by atoms with Gasteiger partial charge < -0.3 is 10.5 Å². The van der Waals surface area contributed by atoms with Gasteiger partial charge in [0, 0.05) is 11.6 Å². The van der Waals surface area contributed by atoms with Crippen molar-refractivity contribution >= 4 is 21.6 Å². The van der Waals surface area contributed by atoms with E-state index >= 15 is 0 Å². The Labute approximate surface area is 128 Å². The summed E-state index contributed by atoms with van der Waals surface area (Å²) in [7, 11) is 0. The molecule has 0 bridgehead atoms. The Balaban J connectivity index is 1.78. The molecule has 0 aliphatic heterocycles. The maximum atomic E-state index is 6.13. The molecule has 0 saturated heterocycles. The lowest BCUT2D eigenvalue weighted by Gasteiger charge is -2.14. The van der Waals surface area contributed by atoms with Crippen molar-refractivity contribution in [1.29, 1.82) is 0 Å². The van der Waals surface area contributed by atoms with Crippen LogP contribution in [0.4, 0.5) is 0 Å². The molecule has 0 radical (unpaired) electrons. The van der Waals surface area contributed by atoms with Crippen molar-refractivity contribution in [3.05, 3.63) is 59.1 Å². The Morgan fingerprint density at radius 3 is 2.71 bits per heavy atom. The monoisotopic (exact) mass is 298 g/mol. The zero-order valence-electron chi connectivity index (χ0n) is 12.0. The van der Waals surface area contributed by atoms with E-state index in [0.717, 1.165) is 28.3 Å². The number of fused-ring (bicyclic) bond motifs is 1. The van der Waals surface area contributed by atoms with E-state index in [9.17, 15) is 0 Å². The van der Waals surface area contributed by atoms with Gasteiger partial charge in [-0.25, -0.2) is 4.98 Å². The number of aromatic nitrogens is 1. The molecule has 3 rings (SSSR count). The van der Waals surface area contributed by atoms with Gasteiger partial charge in [-0.2, -0.15) is 0 Å². The third kappa shape index (κ3) is 3.06. The summed E-state index contributed by atoms with van der Waals surface area (Å²) in [6, 6.07) is 16.1. The van der Waals surface area contributed by atoms with Crippen LogP contribution in [0.15, 0.2) is 48.5 Å². The van der Waals surface area contributed by atoms with Crippen LogP contribution in [-0.4, -0.2) is 4.98 Å². The van der Waals surface area contributed by atoms with Crippen molar-refractivity contribution < 1.29 is 4.74 Å². The van der Waals surface area contributed by atoms with Crippen molar-refractivity contribution in [2.24, 2.45) is 5.73 Å². The number of para-hydroxylation sites is 2. The summed E-state index contributed by atoms with van der Waals surface area (Å²) in [6.07, 6.45) is 0.890. The molecule has 1 heterocycles. The minimum Gasteiger partial charge on any atom is -0.486 e. The largest absolute Gasteiger partial charge is 0.486 e. The van der Waals surface area contributed by atoms with Gasteiger partial charge in [0.1, 0.15) is 17.4 Å². The Kier molecular flexibility index (Phi) is 4.18. The lowest BCUT2D eigenvalue weighted by atomic mass is 10.0. The van der Waals surface area contributed by atoms with E-state index in [2.05, 4.69) is 18.0 Å². The van der Waals surface area contributed by atoms with Gasteiger partial charge in [-0.15, -0.1) is 11.3 Å². The zero-order valence-corrected chi connectivity index (χ0v) is 12.8. The third-order valence-electron chi connectivity index (χ3n) is 3.45. The van der Waals surface area contributed by atoms with Gasteiger partial charge in [-0.05, 0) is 24.6 Å². The zero-order chi connectivity index (χ0) is 14.7. The summed E-state index contributed by atoms with van der Waals surface area (Å²) in [6.45, 7) is 2.56. The van der Waals surface area contributed by atoms with Crippen LogP contribution in [0.1, 0.15) is 30.0 Å². The van der Waals surface area contributed by atoms with Crippen molar-refractivity contribution in [2.75, 3.05) is 0 Å². The Hall–Kier alpha value is -1.91. The van der Waals surface area contributed by atoms with E-state index in [4.69, 9.17) is 10.5 Å². The molecule has 0 fully saturated rings. The van der Waals surface area contributed by atoms with Crippen molar-refractivity contribution in [3.63, 3.8) is 0 Å². The molecule has 3 aromatic rings. The molecule has 2 aromatic carbocycles.